The van der Waals surface area contributed by atoms with E-state index in [-0.39, 0.29) is 11.9 Å². The lowest BCUT2D eigenvalue weighted by Gasteiger charge is -2.38. The Morgan fingerprint density at radius 3 is 2.50 bits per heavy atom. The molecule has 1 aliphatic heterocycles. The Balaban J connectivity index is 1.59. The number of methoxy groups -OCH3 is 2. The molecule has 1 aliphatic carbocycles. The number of ether oxygens (including phenoxy) is 2. The maximum atomic E-state index is 13.7. The lowest BCUT2D eigenvalue weighted by molar-refractivity contribution is 0.0697. The average molecular weight is 446 g/mol. The third kappa shape index (κ3) is 3.55. The van der Waals surface area contributed by atoms with Crippen molar-refractivity contribution in [1.82, 2.24) is 4.90 Å². The number of halogens is 1. The number of fused-ring (bicyclic) bond motifs is 2. The van der Waals surface area contributed by atoms with E-state index in [1.54, 1.807) is 20.3 Å². The summed E-state index contributed by atoms with van der Waals surface area (Å²) in [5, 5.41) is 0.744. The van der Waals surface area contributed by atoms with Crippen molar-refractivity contribution in [1.29, 1.82) is 0 Å². The third-order valence-electron chi connectivity index (χ3n) is 6.42. The fraction of sp³-hybridized carbons (Fsp3) is 0.222. The molecule has 3 aromatic carbocycles. The Bertz CT molecular complexity index is 1220. The maximum Gasteiger partial charge on any atom is 0.254 e. The predicted octanol–water partition coefficient (Wildman–Crippen LogP) is 5.95. The van der Waals surface area contributed by atoms with Gasteiger partial charge in [0.25, 0.3) is 5.91 Å². The summed E-state index contributed by atoms with van der Waals surface area (Å²) in [5.74, 6) is 1.48. The van der Waals surface area contributed by atoms with E-state index in [4.69, 9.17) is 21.1 Å². The monoisotopic (exact) mass is 445 g/mol. The van der Waals surface area contributed by atoms with Crippen molar-refractivity contribution in [3.8, 4) is 11.5 Å². The molecule has 1 amide bonds. The third-order valence-corrected chi connectivity index (χ3v) is 6.65. The molecule has 5 rings (SSSR count). The van der Waals surface area contributed by atoms with Crippen LogP contribution in [0.2, 0.25) is 5.02 Å². The highest BCUT2D eigenvalue weighted by Crippen LogP contribution is 2.47. The second-order valence-electron chi connectivity index (χ2n) is 8.14. The van der Waals surface area contributed by atoms with E-state index in [0.717, 1.165) is 29.2 Å². The Morgan fingerprint density at radius 1 is 0.969 bits per heavy atom. The smallest absolute Gasteiger partial charge is 0.254 e. The number of carbonyl (C=O) groups excluding carboxylic acids is 1. The van der Waals surface area contributed by atoms with Crippen LogP contribution in [0.15, 0.2) is 72.3 Å². The van der Waals surface area contributed by atoms with Crippen LogP contribution < -0.4 is 9.47 Å². The van der Waals surface area contributed by atoms with Crippen LogP contribution >= 0.6 is 11.6 Å². The lowest BCUT2D eigenvalue weighted by Crippen LogP contribution is -2.39. The molecule has 3 aromatic rings. The number of benzene rings is 3. The molecule has 1 atom stereocenters. The van der Waals surface area contributed by atoms with Gasteiger partial charge in [0, 0.05) is 17.1 Å². The van der Waals surface area contributed by atoms with Gasteiger partial charge in [0.05, 0.1) is 20.3 Å². The molecule has 2 aliphatic rings. The number of hydrogen-bond donors (Lipinski definition) is 0. The minimum atomic E-state index is -0.144. The predicted molar refractivity (Wildman–Crippen MR) is 126 cm³/mol. The normalized spacial score (nSPS) is 17.1. The maximum absolute atomic E-state index is 13.7. The first-order valence-corrected chi connectivity index (χ1v) is 11.1. The van der Waals surface area contributed by atoms with Crippen LogP contribution in [0.25, 0.3) is 5.57 Å². The lowest BCUT2D eigenvalue weighted by atomic mass is 9.88. The van der Waals surface area contributed by atoms with Gasteiger partial charge in [-0.05, 0) is 83.1 Å². The number of hydrogen-bond acceptors (Lipinski definition) is 3. The zero-order chi connectivity index (χ0) is 22.2. The van der Waals surface area contributed by atoms with E-state index in [0.29, 0.717) is 17.9 Å². The summed E-state index contributed by atoms with van der Waals surface area (Å²) in [4.78, 5) is 15.7. The van der Waals surface area contributed by atoms with Crippen LogP contribution in [0, 0.1) is 0 Å². The van der Waals surface area contributed by atoms with E-state index in [1.165, 1.54) is 22.3 Å². The molecule has 0 bridgehead atoms. The molecular weight excluding hydrogens is 422 g/mol. The van der Waals surface area contributed by atoms with Crippen LogP contribution in [-0.2, 0) is 6.42 Å². The first-order valence-electron chi connectivity index (χ1n) is 10.7. The highest BCUT2D eigenvalue weighted by Gasteiger charge is 2.38. The molecule has 162 valence electrons. The Kier molecular flexibility index (Phi) is 5.40. The van der Waals surface area contributed by atoms with Gasteiger partial charge in [-0.3, -0.25) is 4.79 Å². The van der Waals surface area contributed by atoms with Crippen LogP contribution in [-0.4, -0.2) is 31.6 Å². The highest BCUT2D eigenvalue weighted by atomic mass is 35.5. The molecule has 0 aromatic heterocycles. The molecule has 0 saturated heterocycles. The van der Waals surface area contributed by atoms with Gasteiger partial charge < -0.3 is 14.4 Å². The van der Waals surface area contributed by atoms with Crippen molar-refractivity contribution in [3.05, 3.63) is 99.6 Å². The van der Waals surface area contributed by atoms with Gasteiger partial charge in [0.15, 0.2) is 0 Å². The van der Waals surface area contributed by atoms with Gasteiger partial charge in [-0.25, -0.2) is 0 Å². The molecule has 4 nitrogen and oxygen atoms in total. The van der Waals surface area contributed by atoms with Gasteiger partial charge in [0.1, 0.15) is 11.5 Å². The van der Waals surface area contributed by atoms with Crippen LogP contribution in [0.5, 0.6) is 11.5 Å². The zero-order valence-corrected chi connectivity index (χ0v) is 18.9. The quantitative estimate of drug-likeness (QED) is 0.497. The average Bonchev–Trinajstić information content (AvgIpc) is 3.21. The molecule has 0 fully saturated rings. The summed E-state index contributed by atoms with van der Waals surface area (Å²) in [7, 11) is 3.27. The summed E-state index contributed by atoms with van der Waals surface area (Å²) >= 11 is 6.32. The van der Waals surface area contributed by atoms with Crippen molar-refractivity contribution in [3.63, 3.8) is 0 Å². The van der Waals surface area contributed by atoms with Crippen molar-refractivity contribution in [2.45, 2.75) is 18.9 Å². The molecule has 5 heteroatoms. The second-order valence-corrected chi connectivity index (χ2v) is 8.57. The highest BCUT2D eigenvalue weighted by molar-refractivity contribution is 6.30. The van der Waals surface area contributed by atoms with E-state index in [2.05, 4.69) is 24.3 Å². The number of carbonyl (C=O) groups is 1. The number of nitrogens with zero attached hydrogens (tertiary/aromatic N) is 1. The van der Waals surface area contributed by atoms with Gasteiger partial charge in [0.2, 0.25) is 0 Å². The first-order chi connectivity index (χ1) is 15.6. The van der Waals surface area contributed by atoms with E-state index in [1.807, 2.05) is 41.3 Å². The molecule has 1 heterocycles. The number of rotatable bonds is 4. The molecular formula is C27H24ClNO3. The second kappa shape index (κ2) is 8.36. The van der Waals surface area contributed by atoms with Crippen LogP contribution in [0.1, 0.15) is 39.5 Å². The van der Waals surface area contributed by atoms with Crippen LogP contribution in [0.3, 0.4) is 0 Å². The Labute approximate surface area is 193 Å². The molecule has 0 spiro atoms. The zero-order valence-electron chi connectivity index (χ0n) is 18.1. The SMILES string of the molecule is COc1ccc(C2C3=C(CCN2C(=O)c2cccc(OC)c2)c2cc(Cl)ccc2C3)cc1. The van der Waals surface area contributed by atoms with Gasteiger partial charge >= 0.3 is 0 Å². The summed E-state index contributed by atoms with van der Waals surface area (Å²) in [6.07, 6.45) is 1.63. The fourth-order valence-corrected chi connectivity index (χ4v) is 5.06. The van der Waals surface area contributed by atoms with Crippen molar-refractivity contribution in [2.24, 2.45) is 0 Å². The summed E-state index contributed by atoms with van der Waals surface area (Å²) in [5.41, 5.74) is 6.79. The van der Waals surface area contributed by atoms with Crippen molar-refractivity contribution >= 4 is 23.1 Å². The summed E-state index contributed by atoms with van der Waals surface area (Å²) in [6, 6.07) is 21.4. The largest absolute Gasteiger partial charge is 0.497 e. The van der Waals surface area contributed by atoms with Crippen LogP contribution in [0.4, 0.5) is 0 Å². The van der Waals surface area contributed by atoms with Gasteiger partial charge in [-0.15, -0.1) is 0 Å². The van der Waals surface area contributed by atoms with E-state index < -0.39 is 0 Å². The molecule has 1 unspecified atom stereocenters. The Hall–Kier alpha value is -3.24. The number of amides is 1. The molecule has 0 radical (unpaired) electrons. The molecule has 32 heavy (non-hydrogen) atoms. The fourth-order valence-electron chi connectivity index (χ4n) is 4.88. The van der Waals surface area contributed by atoms with Gasteiger partial charge in [-0.2, -0.15) is 0 Å². The summed E-state index contributed by atoms with van der Waals surface area (Å²) < 4.78 is 10.7. The molecule has 0 saturated carbocycles. The van der Waals surface area contributed by atoms with Crippen molar-refractivity contribution < 1.29 is 14.3 Å². The minimum Gasteiger partial charge on any atom is -0.497 e. The molecule has 0 N–H and O–H groups in total. The van der Waals surface area contributed by atoms with Gasteiger partial charge in [-0.1, -0.05) is 35.9 Å². The first kappa shape index (κ1) is 20.7. The van der Waals surface area contributed by atoms with Crippen molar-refractivity contribution in [2.75, 3.05) is 20.8 Å². The summed E-state index contributed by atoms with van der Waals surface area (Å²) in [6.45, 7) is 0.636. The standard InChI is InChI=1S/C27H24ClNO3/c1-31-21-10-7-17(8-11-21)26-25-15-18-6-9-20(28)16-24(18)23(25)12-13-29(26)27(30)19-4-3-5-22(14-19)32-2/h3-11,14,16,26H,12-13,15H2,1-2H3. The van der Waals surface area contributed by atoms with E-state index >= 15 is 0 Å². The van der Waals surface area contributed by atoms with E-state index in [9.17, 15) is 4.79 Å². The topological polar surface area (TPSA) is 38.8 Å². The Morgan fingerprint density at radius 2 is 1.75 bits per heavy atom. The minimum absolute atomic E-state index is 0.00487.